The van der Waals surface area contributed by atoms with Crippen molar-refractivity contribution in [3.8, 4) is 0 Å². The number of hydrogen-bond acceptors (Lipinski definition) is 3. The van der Waals surface area contributed by atoms with Crippen molar-refractivity contribution in [2.75, 3.05) is 26.2 Å². The summed E-state index contributed by atoms with van der Waals surface area (Å²) in [7, 11) is 0. The van der Waals surface area contributed by atoms with Crippen LogP contribution in [0.25, 0.3) is 0 Å². The second-order valence-electron chi connectivity index (χ2n) is 12.0. The number of fused-ring (bicyclic) bond motifs is 1. The van der Waals surface area contributed by atoms with Gasteiger partial charge < -0.3 is 15.3 Å². The molecule has 3 aromatic carbocycles. The standard InChI is InChI=1S/C33H32ClF2N3O4/c34-26-4-2-1-3-24(26)30(40)37-28-9-7-21-5-6-22(19-25(21)28)31(41)39(29-10-8-23(35)20-27(29)36)17-13-33(14-18-39)11-15-38(16-12-33)32(42)43/h1-6,8,10,19-20,28H,7,9,11-18H2,(H-,37,40,42,43)/p+1. The van der Waals surface area contributed by atoms with E-state index in [9.17, 15) is 23.9 Å². The molecule has 0 aromatic heterocycles. The van der Waals surface area contributed by atoms with E-state index in [2.05, 4.69) is 5.32 Å². The molecular weight excluding hydrogens is 576 g/mol. The summed E-state index contributed by atoms with van der Waals surface area (Å²) in [5, 5.41) is 12.8. The zero-order valence-corrected chi connectivity index (χ0v) is 24.4. The minimum Gasteiger partial charge on any atom is -0.465 e. The maximum absolute atomic E-state index is 15.4. The van der Waals surface area contributed by atoms with Gasteiger partial charge in [0, 0.05) is 38.1 Å². The van der Waals surface area contributed by atoms with Gasteiger partial charge >= 0.3 is 12.0 Å². The van der Waals surface area contributed by atoms with Gasteiger partial charge in [-0.1, -0.05) is 29.8 Å². The molecule has 224 valence electrons. The number of aryl methyl sites for hydroxylation is 1. The van der Waals surface area contributed by atoms with Gasteiger partial charge in [-0.3, -0.25) is 4.79 Å². The molecule has 3 aromatic rings. The summed E-state index contributed by atoms with van der Waals surface area (Å²) in [6, 6.07) is 15.3. The van der Waals surface area contributed by atoms with E-state index in [0.29, 0.717) is 74.4 Å². The Morgan fingerprint density at radius 1 is 0.953 bits per heavy atom. The number of benzene rings is 3. The summed E-state index contributed by atoms with van der Waals surface area (Å²) in [6.45, 7) is 1.50. The molecule has 43 heavy (non-hydrogen) atoms. The number of rotatable bonds is 4. The lowest BCUT2D eigenvalue weighted by atomic mass is 9.70. The number of amides is 3. The van der Waals surface area contributed by atoms with Crippen molar-refractivity contribution in [2.45, 2.75) is 44.6 Å². The third kappa shape index (κ3) is 5.40. The second kappa shape index (κ2) is 11.4. The quantitative estimate of drug-likeness (QED) is 0.321. The van der Waals surface area contributed by atoms with E-state index in [1.54, 1.807) is 36.4 Å². The fraction of sp³-hybridized carbons (Fsp3) is 0.364. The second-order valence-corrected chi connectivity index (χ2v) is 12.5. The number of carboxylic acid groups (broad SMARTS) is 1. The average Bonchev–Trinajstić information content (AvgIpc) is 3.39. The SMILES string of the molecule is O=C(NC1CCc2ccc(C(=O)[N+]3(c4ccc(F)cc4F)CCC4(CCN(C(=O)O)CC4)CC3)cc21)c1ccccc1Cl. The Kier molecular flexibility index (Phi) is 7.73. The van der Waals surface area contributed by atoms with Crippen LogP contribution in [-0.2, 0) is 6.42 Å². The van der Waals surface area contributed by atoms with Crippen LogP contribution < -0.4 is 9.80 Å². The fourth-order valence-electron chi connectivity index (χ4n) is 7.16. The van der Waals surface area contributed by atoms with E-state index >= 15 is 4.39 Å². The Morgan fingerprint density at radius 2 is 1.67 bits per heavy atom. The lowest BCUT2D eigenvalue weighted by Gasteiger charge is -2.49. The minimum atomic E-state index is -0.933. The Labute approximate surface area is 253 Å². The number of piperidine rings is 2. The molecule has 2 aliphatic heterocycles. The topological polar surface area (TPSA) is 86.7 Å². The van der Waals surface area contributed by atoms with Crippen molar-refractivity contribution in [1.29, 1.82) is 0 Å². The van der Waals surface area contributed by atoms with Crippen LogP contribution in [0.15, 0.2) is 60.7 Å². The number of nitrogens with one attached hydrogen (secondary N) is 1. The van der Waals surface area contributed by atoms with Crippen molar-refractivity contribution >= 4 is 35.2 Å². The monoisotopic (exact) mass is 608 g/mol. The van der Waals surface area contributed by atoms with Crippen LogP contribution in [-0.4, -0.2) is 54.1 Å². The van der Waals surface area contributed by atoms with Gasteiger partial charge in [0.15, 0.2) is 11.5 Å². The predicted octanol–water partition coefficient (Wildman–Crippen LogP) is 6.74. The number of quaternary nitrogens is 1. The van der Waals surface area contributed by atoms with Crippen molar-refractivity contribution < 1.29 is 28.3 Å². The van der Waals surface area contributed by atoms with Gasteiger partial charge in [0.05, 0.1) is 35.3 Å². The van der Waals surface area contributed by atoms with Crippen molar-refractivity contribution in [3.05, 3.63) is 99.6 Å². The predicted molar refractivity (Wildman–Crippen MR) is 159 cm³/mol. The Hall–Kier alpha value is -3.82. The molecule has 0 radical (unpaired) electrons. The van der Waals surface area contributed by atoms with E-state index in [1.165, 1.54) is 17.0 Å². The van der Waals surface area contributed by atoms with Gasteiger partial charge in [-0.05, 0) is 72.6 Å². The van der Waals surface area contributed by atoms with Gasteiger partial charge in [-0.25, -0.2) is 22.9 Å². The maximum atomic E-state index is 15.4. The molecular formula is C33H33ClF2N3O4+. The third-order valence-electron chi connectivity index (χ3n) is 9.80. The molecule has 7 nitrogen and oxygen atoms in total. The van der Waals surface area contributed by atoms with E-state index in [-0.39, 0.29) is 33.4 Å². The van der Waals surface area contributed by atoms with Gasteiger partial charge in [0.2, 0.25) is 0 Å². The normalized spacial score (nSPS) is 20.4. The summed E-state index contributed by atoms with van der Waals surface area (Å²) >= 11 is 6.24. The molecule has 6 rings (SSSR count). The summed E-state index contributed by atoms with van der Waals surface area (Å²) in [5.74, 6) is -2.06. The van der Waals surface area contributed by atoms with Gasteiger partial charge in [0.25, 0.3) is 5.91 Å². The maximum Gasteiger partial charge on any atom is 0.407 e. The van der Waals surface area contributed by atoms with Crippen LogP contribution in [0.4, 0.5) is 19.3 Å². The number of nitrogens with zero attached hydrogens (tertiary/aromatic N) is 2. The highest BCUT2D eigenvalue weighted by Gasteiger charge is 2.51. The lowest BCUT2D eigenvalue weighted by Crippen LogP contribution is -2.61. The van der Waals surface area contributed by atoms with E-state index in [1.807, 2.05) is 6.07 Å². The van der Waals surface area contributed by atoms with Crippen LogP contribution in [0.1, 0.15) is 70.0 Å². The molecule has 0 bridgehead atoms. The van der Waals surface area contributed by atoms with Crippen LogP contribution in [0, 0.1) is 17.0 Å². The molecule has 1 spiro atoms. The van der Waals surface area contributed by atoms with E-state index in [0.717, 1.165) is 23.6 Å². The largest absolute Gasteiger partial charge is 0.465 e. The Bertz CT molecular complexity index is 1590. The summed E-state index contributed by atoms with van der Waals surface area (Å²) in [5.41, 5.74) is 2.65. The van der Waals surface area contributed by atoms with Gasteiger partial charge in [0.1, 0.15) is 5.82 Å². The molecule has 3 amide bonds. The highest BCUT2D eigenvalue weighted by molar-refractivity contribution is 6.33. The first-order chi connectivity index (χ1) is 20.6. The molecule has 1 unspecified atom stereocenters. The van der Waals surface area contributed by atoms with E-state index < -0.39 is 17.7 Å². The lowest BCUT2D eigenvalue weighted by molar-refractivity contribution is 0.0325. The molecule has 2 fully saturated rings. The first kappa shape index (κ1) is 29.3. The first-order valence-electron chi connectivity index (χ1n) is 14.6. The molecule has 2 saturated heterocycles. The number of hydrogen-bond donors (Lipinski definition) is 2. The molecule has 10 heteroatoms. The smallest absolute Gasteiger partial charge is 0.407 e. The van der Waals surface area contributed by atoms with Crippen molar-refractivity contribution in [3.63, 3.8) is 0 Å². The first-order valence-corrected chi connectivity index (χ1v) is 15.0. The fourth-order valence-corrected chi connectivity index (χ4v) is 7.38. The summed E-state index contributed by atoms with van der Waals surface area (Å²) < 4.78 is 29.1. The van der Waals surface area contributed by atoms with Crippen molar-refractivity contribution in [1.82, 2.24) is 14.7 Å². The van der Waals surface area contributed by atoms with Crippen LogP contribution >= 0.6 is 11.6 Å². The molecule has 1 aliphatic carbocycles. The van der Waals surface area contributed by atoms with Gasteiger partial charge in [-0.15, -0.1) is 0 Å². The molecule has 0 saturated carbocycles. The average molecular weight is 609 g/mol. The zero-order valence-electron chi connectivity index (χ0n) is 23.6. The molecule has 2 N–H and O–H groups in total. The zero-order chi connectivity index (χ0) is 30.4. The summed E-state index contributed by atoms with van der Waals surface area (Å²) in [4.78, 5) is 40.4. The minimum absolute atomic E-state index is 0.128. The van der Waals surface area contributed by atoms with Crippen LogP contribution in [0.5, 0.6) is 0 Å². The highest BCUT2D eigenvalue weighted by atomic mass is 35.5. The molecule has 1 atom stereocenters. The molecule has 2 heterocycles. The van der Waals surface area contributed by atoms with Crippen LogP contribution in [0.2, 0.25) is 5.02 Å². The Morgan fingerprint density at radius 3 is 2.35 bits per heavy atom. The number of likely N-dealkylation sites (tertiary alicyclic amines) is 2. The molecule has 3 aliphatic rings. The van der Waals surface area contributed by atoms with Crippen LogP contribution in [0.3, 0.4) is 0 Å². The summed E-state index contributed by atoms with van der Waals surface area (Å²) in [6.07, 6.45) is 3.08. The third-order valence-corrected chi connectivity index (χ3v) is 10.1. The Balaban J connectivity index is 1.30. The number of halogens is 3. The number of carbonyl (C=O) groups excluding carboxylic acids is 2. The number of carbonyl (C=O) groups is 3. The highest BCUT2D eigenvalue weighted by Crippen LogP contribution is 2.46. The van der Waals surface area contributed by atoms with Gasteiger partial charge in [-0.2, -0.15) is 0 Å². The van der Waals surface area contributed by atoms with Crippen molar-refractivity contribution in [2.24, 2.45) is 5.41 Å². The van der Waals surface area contributed by atoms with E-state index in [4.69, 9.17) is 11.6 Å².